The molecule has 9 nitrogen and oxygen atoms in total. The Kier molecular flexibility index (Phi) is 7.22. The van der Waals surface area contributed by atoms with Crippen molar-refractivity contribution in [1.29, 1.82) is 0 Å². The molecule has 0 radical (unpaired) electrons. The number of primary amides is 1. The van der Waals surface area contributed by atoms with Gasteiger partial charge in [-0.2, -0.15) is 0 Å². The molecule has 0 aliphatic carbocycles. The Balaban J connectivity index is 4.27. The summed E-state index contributed by atoms with van der Waals surface area (Å²) in [5.74, 6) is -3.02. The van der Waals surface area contributed by atoms with E-state index in [0.717, 1.165) is 0 Å². The predicted molar refractivity (Wildman–Crippen MR) is 69.2 cm³/mol. The fraction of sp³-hybridized carbons (Fsp3) is 0.636. The summed E-state index contributed by atoms with van der Waals surface area (Å²) in [5, 5.41) is 13.2. The van der Waals surface area contributed by atoms with Gasteiger partial charge in [-0.3, -0.25) is 19.2 Å². The van der Waals surface area contributed by atoms with Gasteiger partial charge in [0.1, 0.15) is 12.1 Å². The van der Waals surface area contributed by atoms with Crippen molar-refractivity contribution in [1.82, 2.24) is 10.6 Å². The van der Waals surface area contributed by atoms with Crippen LogP contribution in [0.3, 0.4) is 0 Å². The van der Waals surface area contributed by atoms with E-state index >= 15 is 0 Å². The lowest BCUT2D eigenvalue weighted by Crippen LogP contribution is -2.52. The predicted octanol–water partition coefficient (Wildman–Crippen LogP) is -2.33. The Morgan fingerprint density at radius 2 is 1.55 bits per heavy atom. The molecule has 0 bridgehead atoms. The first-order chi connectivity index (χ1) is 9.15. The van der Waals surface area contributed by atoms with Gasteiger partial charge in [0, 0.05) is 6.42 Å². The number of nitrogens with one attached hydrogen (secondary N) is 2. The molecular weight excluding hydrogens is 268 g/mol. The molecule has 114 valence electrons. The number of aliphatic carboxylic acids is 1. The standard InChI is InChI=1S/C11H20N4O5/c1-5(9(17)15-6(2)11(19)20)14-10(18)7(12)3-4-8(13)16/h5-7H,3-4,12H2,1-2H3,(H2,13,16)(H,14,18)(H,15,17)(H,19,20). The number of carboxylic acid groups (broad SMARTS) is 1. The Bertz CT molecular complexity index is 398. The van der Waals surface area contributed by atoms with Crippen LogP contribution in [0.15, 0.2) is 0 Å². The zero-order valence-corrected chi connectivity index (χ0v) is 11.4. The number of carbonyl (C=O) groups excluding carboxylic acids is 3. The van der Waals surface area contributed by atoms with Gasteiger partial charge >= 0.3 is 5.97 Å². The maximum atomic E-state index is 11.6. The SMILES string of the molecule is CC(NC(=O)C(C)NC(=O)C(N)CCC(N)=O)C(=O)O. The fourth-order valence-electron chi connectivity index (χ4n) is 1.21. The van der Waals surface area contributed by atoms with E-state index in [1.165, 1.54) is 13.8 Å². The van der Waals surface area contributed by atoms with Crippen LogP contribution in [0.2, 0.25) is 0 Å². The molecule has 0 aliphatic heterocycles. The third-order valence-electron chi connectivity index (χ3n) is 2.52. The van der Waals surface area contributed by atoms with Crippen LogP contribution in [0.4, 0.5) is 0 Å². The van der Waals surface area contributed by atoms with Crippen molar-refractivity contribution in [2.24, 2.45) is 11.5 Å². The second-order valence-electron chi connectivity index (χ2n) is 4.41. The molecule has 0 aromatic carbocycles. The van der Waals surface area contributed by atoms with E-state index in [0.29, 0.717) is 0 Å². The summed E-state index contributed by atoms with van der Waals surface area (Å²) in [6, 6.07) is -2.97. The molecule has 3 unspecified atom stereocenters. The van der Waals surface area contributed by atoms with Crippen molar-refractivity contribution < 1.29 is 24.3 Å². The molecular formula is C11H20N4O5. The highest BCUT2D eigenvalue weighted by Gasteiger charge is 2.22. The lowest BCUT2D eigenvalue weighted by molar-refractivity contribution is -0.141. The summed E-state index contributed by atoms with van der Waals surface area (Å²) in [6.45, 7) is 2.69. The molecule has 0 spiro atoms. The van der Waals surface area contributed by atoms with Crippen LogP contribution in [-0.2, 0) is 19.2 Å². The fourth-order valence-corrected chi connectivity index (χ4v) is 1.21. The van der Waals surface area contributed by atoms with Gasteiger partial charge in [-0.1, -0.05) is 0 Å². The monoisotopic (exact) mass is 288 g/mol. The molecule has 20 heavy (non-hydrogen) atoms. The van der Waals surface area contributed by atoms with Crippen molar-refractivity contribution >= 4 is 23.7 Å². The summed E-state index contributed by atoms with van der Waals surface area (Å²) in [6.07, 6.45) is 0.0340. The summed E-state index contributed by atoms with van der Waals surface area (Å²) in [4.78, 5) is 44.3. The van der Waals surface area contributed by atoms with Crippen LogP contribution in [0.25, 0.3) is 0 Å². The summed E-state index contributed by atoms with van der Waals surface area (Å²) in [7, 11) is 0. The average Bonchev–Trinajstić information content (AvgIpc) is 2.35. The van der Waals surface area contributed by atoms with Crippen LogP contribution in [-0.4, -0.2) is 46.9 Å². The Labute approximate surface area is 116 Å². The summed E-state index contributed by atoms with van der Waals surface area (Å²) >= 11 is 0. The third-order valence-corrected chi connectivity index (χ3v) is 2.52. The van der Waals surface area contributed by atoms with Crippen LogP contribution in [0.5, 0.6) is 0 Å². The van der Waals surface area contributed by atoms with Gasteiger partial charge in [0.2, 0.25) is 17.7 Å². The maximum Gasteiger partial charge on any atom is 0.325 e. The van der Waals surface area contributed by atoms with E-state index in [1.54, 1.807) is 0 Å². The first kappa shape index (κ1) is 17.8. The number of amides is 3. The molecule has 0 fully saturated rings. The zero-order chi connectivity index (χ0) is 15.9. The maximum absolute atomic E-state index is 11.6. The van der Waals surface area contributed by atoms with E-state index < -0.39 is 41.8 Å². The minimum absolute atomic E-state index is 0.0365. The minimum atomic E-state index is -1.19. The zero-order valence-electron chi connectivity index (χ0n) is 11.4. The number of nitrogens with two attached hydrogens (primary N) is 2. The third kappa shape index (κ3) is 6.69. The van der Waals surface area contributed by atoms with Crippen LogP contribution >= 0.6 is 0 Å². The quantitative estimate of drug-likeness (QED) is 0.336. The van der Waals surface area contributed by atoms with Crippen molar-refractivity contribution in [2.45, 2.75) is 44.8 Å². The van der Waals surface area contributed by atoms with Crippen LogP contribution in [0.1, 0.15) is 26.7 Å². The van der Waals surface area contributed by atoms with Gasteiger partial charge in [0.25, 0.3) is 0 Å². The van der Waals surface area contributed by atoms with Crippen molar-refractivity contribution in [3.8, 4) is 0 Å². The van der Waals surface area contributed by atoms with Crippen LogP contribution in [0, 0.1) is 0 Å². The van der Waals surface area contributed by atoms with E-state index in [2.05, 4.69) is 10.6 Å². The topological polar surface area (TPSA) is 165 Å². The molecule has 0 saturated carbocycles. The van der Waals surface area contributed by atoms with Gasteiger partial charge in [-0.05, 0) is 20.3 Å². The van der Waals surface area contributed by atoms with Gasteiger partial charge in [0.05, 0.1) is 6.04 Å². The Hall–Kier alpha value is -2.16. The van der Waals surface area contributed by atoms with Crippen molar-refractivity contribution in [3.63, 3.8) is 0 Å². The largest absolute Gasteiger partial charge is 0.480 e. The second-order valence-corrected chi connectivity index (χ2v) is 4.41. The normalized spacial score (nSPS) is 14.8. The molecule has 3 amide bonds. The molecule has 0 aliphatic rings. The van der Waals surface area contributed by atoms with E-state index in [-0.39, 0.29) is 12.8 Å². The number of rotatable bonds is 8. The average molecular weight is 288 g/mol. The highest BCUT2D eigenvalue weighted by molar-refractivity contribution is 5.91. The summed E-state index contributed by atoms with van der Waals surface area (Å²) < 4.78 is 0. The van der Waals surface area contributed by atoms with Gasteiger partial charge in [0.15, 0.2) is 0 Å². The lowest BCUT2D eigenvalue weighted by Gasteiger charge is -2.18. The summed E-state index contributed by atoms with van der Waals surface area (Å²) in [5.41, 5.74) is 10.4. The highest BCUT2D eigenvalue weighted by Crippen LogP contribution is 1.95. The van der Waals surface area contributed by atoms with E-state index in [4.69, 9.17) is 16.6 Å². The first-order valence-corrected chi connectivity index (χ1v) is 6.02. The molecule has 0 aromatic rings. The molecule has 0 aromatic heterocycles. The Morgan fingerprint density at radius 3 is 2.00 bits per heavy atom. The first-order valence-electron chi connectivity index (χ1n) is 6.02. The van der Waals surface area contributed by atoms with E-state index in [9.17, 15) is 19.2 Å². The number of carbonyl (C=O) groups is 4. The van der Waals surface area contributed by atoms with Gasteiger partial charge in [-0.25, -0.2) is 0 Å². The molecule has 0 heterocycles. The molecule has 3 atom stereocenters. The molecule has 0 saturated heterocycles. The Morgan fingerprint density at radius 1 is 1.05 bits per heavy atom. The van der Waals surface area contributed by atoms with Gasteiger partial charge in [-0.15, -0.1) is 0 Å². The smallest absolute Gasteiger partial charge is 0.325 e. The molecule has 0 rings (SSSR count). The highest BCUT2D eigenvalue weighted by atomic mass is 16.4. The molecule has 7 N–H and O–H groups in total. The van der Waals surface area contributed by atoms with Gasteiger partial charge < -0.3 is 27.2 Å². The second kappa shape index (κ2) is 8.10. The number of carboxylic acids is 1. The van der Waals surface area contributed by atoms with Crippen LogP contribution < -0.4 is 22.1 Å². The minimum Gasteiger partial charge on any atom is -0.480 e. The number of hydrogen-bond acceptors (Lipinski definition) is 5. The van der Waals surface area contributed by atoms with Crippen molar-refractivity contribution in [2.75, 3.05) is 0 Å². The number of hydrogen-bond donors (Lipinski definition) is 5. The van der Waals surface area contributed by atoms with Crippen molar-refractivity contribution in [3.05, 3.63) is 0 Å². The molecule has 9 heteroatoms. The van der Waals surface area contributed by atoms with E-state index in [1.807, 2.05) is 0 Å². The lowest BCUT2D eigenvalue weighted by atomic mass is 10.1.